The second-order valence-corrected chi connectivity index (χ2v) is 4.36. The number of halogens is 1. The molecule has 0 saturated heterocycles. The lowest BCUT2D eigenvalue weighted by atomic mass is 10.2. The second-order valence-electron chi connectivity index (χ2n) is 3.47. The van der Waals surface area contributed by atoms with Crippen LogP contribution in [-0.4, -0.2) is 22.8 Å². The Hall–Kier alpha value is -1.33. The fourth-order valence-corrected chi connectivity index (χ4v) is 1.90. The number of hydrogen-bond donors (Lipinski definition) is 1. The number of hydrogen-bond acceptors (Lipinski definition) is 5. The predicted octanol–water partition coefficient (Wildman–Crippen LogP) is 3.00. The zero-order valence-corrected chi connectivity index (χ0v) is 10.5. The molecule has 0 atom stereocenters. The first-order valence-electron chi connectivity index (χ1n) is 4.69. The number of nitrogens with one attached hydrogen (secondary N) is 1. The molecular formula is C10H11ClN4S. The number of aromatic nitrogens is 2. The molecule has 0 fully saturated rings. The van der Waals surface area contributed by atoms with Crippen LogP contribution in [0.25, 0.3) is 0 Å². The third kappa shape index (κ3) is 2.43. The van der Waals surface area contributed by atoms with E-state index in [0.29, 0.717) is 11.0 Å². The van der Waals surface area contributed by atoms with Gasteiger partial charge in [0.25, 0.3) is 0 Å². The van der Waals surface area contributed by atoms with Crippen LogP contribution in [0.3, 0.4) is 0 Å². The molecule has 1 aromatic carbocycles. The Morgan fingerprint density at radius 1 is 1.31 bits per heavy atom. The molecule has 0 spiro atoms. The second kappa shape index (κ2) is 4.67. The zero-order valence-electron chi connectivity index (χ0n) is 8.94. The highest BCUT2D eigenvalue weighted by Crippen LogP contribution is 2.24. The van der Waals surface area contributed by atoms with Gasteiger partial charge in [-0.05, 0) is 18.2 Å². The molecule has 6 heteroatoms. The van der Waals surface area contributed by atoms with Gasteiger partial charge in [-0.25, -0.2) is 0 Å². The van der Waals surface area contributed by atoms with Crippen molar-refractivity contribution in [3.05, 3.63) is 29.4 Å². The Kier molecular flexibility index (Phi) is 3.26. The Morgan fingerprint density at radius 2 is 2.12 bits per heavy atom. The van der Waals surface area contributed by atoms with E-state index in [0.717, 1.165) is 23.1 Å². The normalized spacial score (nSPS) is 10.2. The van der Waals surface area contributed by atoms with Gasteiger partial charge in [-0.1, -0.05) is 17.7 Å². The molecule has 1 aromatic heterocycles. The van der Waals surface area contributed by atoms with Gasteiger partial charge in [-0.2, -0.15) is 8.75 Å². The van der Waals surface area contributed by atoms with Crippen LogP contribution in [0.4, 0.5) is 17.2 Å². The molecule has 0 bridgehead atoms. The number of nitrogens with zero attached hydrogens (tertiary/aromatic N) is 3. The van der Waals surface area contributed by atoms with Gasteiger partial charge in [-0.15, -0.1) is 0 Å². The molecule has 1 heterocycles. The van der Waals surface area contributed by atoms with Crippen LogP contribution in [0.5, 0.6) is 0 Å². The number of benzene rings is 1. The van der Waals surface area contributed by atoms with E-state index in [2.05, 4.69) is 14.1 Å². The summed E-state index contributed by atoms with van der Waals surface area (Å²) in [5.41, 5.74) is 2.06. The van der Waals surface area contributed by atoms with Crippen molar-refractivity contribution in [3.63, 3.8) is 0 Å². The topological polar surface area (TPSA) is 41.0 Å². The smallest absolute Gasteiger partial charge is 0.187 e. The molecule has 0 aliphatic heterocycles. The third-order valence-electron chi connectivity index (χ3n) is 2.07. The number of anilines is 3. The van der Waals surface area contributed by atoms with Gasteiger partial charge in [0.05, 0.1) is 11.7 Å². The summed E-state index contributed by atoms with van der Waals surface area (Å²) in [5.74, 6) is 0.600. The molecule has 2 aromatic rings. The van der Waals surface area contributed by atoms with E-state index in [9.17, 15) is 0 Å². The lowest BCUT2D eigenvalue weighted by Gasteiger charge is -2.13. The van der Waals surface area contributed by atoms with E-state index in [1.54, 1.807) is 0 Å². The maximum Gasteiger partial charge on any atom is 0.187 e. The molecule has 0 saturated carbocycles. The SMILES string of the molecule is CN(C)c1cccc(Nc2nsnc2Cl)c1. The van der Waals surface area contributed by atoms with Crippen molar-refractivity contribution < 1.29 is 0 Å². The molecule has 84 valence electrons. The quantitative estimate of drug-likeness (QED) is 0.914. The fraction of sp³-hybridized carbons (Fsp3) is 0.200. The molecule has 0 amide bonds. The van der Waals surface area contributed by atoms with Crippen LogP contribution < -0.4 is 10.2 Å². The monoisotopic (exact) mass is 254 g/mol. The molecule has 0 aliphatic rings. The first-order valence-corrected chi connectivity index (χ1v) is 5.80. The van der Waals surface area contributed by atoms with Crippen LogP contribution in [0.15, 0.2) is 24.3 Å². The van der Waals surface area contributed by atoms with Crippen molar-refractivity contribution in [1.82, 2.24) is 8.75 Å². The van der Waals surface area contributed by atoms with E-state index in [-0.39, 0.29) is 0 Å². The van der Waals surface area contributed by atoms with Gasteiger partial charge < -0.3 is 10.2 Å². The van der Waals surface area contributed by atoms with Crippen molar-refractivity contribution in [3.8, 4) is 0 Å². The summed E-state index contributed by atoms with van der Waals surface area (Å²) in [4.78, 5) is 2.03. The van der Waals surface area contributed by atoms with Crippen molar-refractivity contribution in [2.75, 3.05) is 24.3 Å². The highest BCUT2D eigenvalue weighted by Gasteiger charge is 2.05. The molecule has 1 N–H and O–H groups in total. The van der Waals surface area contributed by atoms with E-state index in [1.807, 2.05) is 43.3 Å². The molecule has 2 rings (SSSR count). The molecule has 0 radical (unpaired) electrons. The Bertz CT molecular complexity index is 483. The summed E-state index contributed by atoms with van der Waals surface area (Å²) >= 11 is 6.95. The summed E-state index contributed by atoms with van der Waals surface area (Å²) in [6.45, 7) is 0. The minimum absolute atomic E-state index is 0.403. The lowest BCUT2D eigenvalue weighted by molar-refractivity contribution is 1.13. The van der Waals surface area contributed by atoms with Gasteiger partial charge in [0.15, 0.2) is 11.0 Å². The summed E-state index contributed by atoms with van der Waals surface area (Å²) in [7, 11) is 3.99. The molecule has 0 unspecified atom stereocenters. The zero-order chi connectivity index (χ0) is 11.5. The van der Waals surface area contributed by atoms with E-state index < -0.39 is 0 Å². The largest absolute Gasteiger partial charge is 0.378 e. The van der Waals surface area contributed by atoms with E-state index in [1.165, 1.54) is 0 Å². The summed E-state index contributed by atoms with van der Waals surface area (Å²) in [6, 6.07) is 8.00. The average Bonchev–Trinajstić information content (AvgIpc) is 2.65. The third-order valence-corrected chi connectivity index (χ3v) is 2.97. The predicted molar refractivity (Wildman–Crippen MR) is 69.0 cm³/mol. The molecule has 0 aliphatic carbocycles. The highest BCUT2D eigenvalue weighted by molar-refractivity contribution is 6.99. The number of rotatable bonds is 3. The van der Waals surface area contributed by atoms with Crippen LogP contribution in [0, 0.1) is 0 Å². The van der Waals surface area contributed by atoms with Crippen LogP contribution in [-0.2, 0) is 0 Å². The van der Waals surface area contributed by atoms with Gasteiger partial charge in [0, 0.05) is 25.5 Å². The van der Waals surface area contributed by atoms with Crippen LogP contribution in [0.1, 0.15) is 0 Å². The molecule has 4 nitrogen and oxygen atoms in total. The van der Waals surface area contributed by atoms with Gasteiger partial charge >= 0.3 is 0 Å². The summed E-state index contributed by atoms with van der Waals surface area (Å²) in [6.07, 6.45) is 0. The van der Waals surface area contributed by atoms with Crippen molar-refractivity contribution in [1.29, 1.82) is 0 Å². The Balaban J connectivity index is 2.22. The minimum atomic E-state index is 0.403. The fourth-order valence-electron chi connectivity index (χ4n) is 1.25. The average molecular weight is 255 g/mol. The highest BCUT2D eigenvalue weighted by atomic mass is 35.5. The Morgan fingerprint density at radius 3 is 2.75 bits per heavy atom. The standard InChI is InChI=1S/C10H11ClN4S/c1-15(2)8-5-3-4-7(6-8)12-10-9(11)13-16-14-10/h3-6H,1-2H3,(H,12,14). The van der Waals surface area contributed by atoms with Crippen molar-refractivity contribution >= 4 is 40.5 Å². The first kappa shape index (κ1) is 11.2. The molecular weight excluding hydrogens is 244 g/mol. The maximum atomic E-state index is 5.86. The van der Waals surface area contributed by atoms with Gasteiger partial charge in [0.1, 0.15) is 0 Å². The first-order chi connectivity index (χ1) is 7.66. The van der Waals surface area contributed by atoms with Gasteiger partial charge in [0.2, 0.25) is 0 Å². The van der Waals surface area contributed by atoms with Gasteiger partial charge in [-0.3, -0.25) is 0 Å². The van der Waals surface area contributed by atoms with Crippen molar-refractivity contribution in [2.45, 2.75) is 0 Å². The maximum absolute atomic E-state index is 5.86. The minimum Gasteiger partial charge on any atom is -0.378 e. The van der Waals surface area contributed by atoms with E-state index in [4.69, 9.17) is 11.6 Å². The summed E-state index contributed by atoms with van der Waals surface area (Å²) < 4.78 is 7.95. The Labute approximate surface area is 103 Å². The van der Waals surface area contributed by atoms with Crippen LogP contribution >= 0.6 is 23.3 Å². The van der Waals surface area contributed by atoms with Crippen LogP contribution in [0.2, 0.25) is 5.15 Å². The molecule has 16 heavy (non-hydrogen) atoms. The summed E-state index contributed by atoms with van der Waals surface area (Å²) in [5, 5.41) is 3.53. The lowest BCUT2D eigenvalue weighted by Crippen LogP contribution is -2.08. The van der Waals surface area contributed by atoms with Crippen molar-refractivity contribution in [2.24, 2.45) is 0 Å². The van der Waals surface area contributed by atoms with E-state index >= 15 is 0 Å².